The van der Waals surface area contributed by atoms with E-state index < -0.39 is 119 Å². The number of benzene rings is 3. The van der Waals surface area contributed by atoms with Crippen LogP contribution in [0.1, 0.15) is 82.6 Å². The number of guanidine groups is 1. The molecule has 0 saturated carbocycles. The van der Waals surface area contributed by atoms with Crippen molar-refractivity contribution in [2.24, 2.45) is 39.3 Å². The van der Waals surface area contributed by atoms with Crippen molar-refractivity contribution in [1.29, 1.82) is 0 Å². The SMILES string of the molecule is CN=C(N)NCCC[C@H](NC(=O)[C@H](CC(C)C)NC(=O)NNC(=O)[C@H](Cc1ccccc1)NC(=O)[C@@H](NC(=O)[C@H](CC(N)=O)NC(=O)[C@@H](Cc1ccncc1)NC(=O)[C@H](N)Cc1ccc(O)cc1)C(C)(C)C)C(=O)N[C@@H](Cc1c[nH]c2ccccc12)C(N)=O. The summed E-state index contributed by atoms with van der Waals surface area (Å²) in [6.45, 7) is 8.66. The molecule has 0 aliphatic rings. The van der Waals surface area contributed by atoms with E-state index in [0.29, 0.717) is 22.3 Å². The van der Waals surface area contributed by atoms with Crippen LogP contribution < -0.4 is 76.3 Å². The van der Waals surface area contributed by atoms with E-state index in [4.69, 9.17) is 22.9 Å². The predicted molar refractivity (Wildman–Crippen MR) is 332 cm³/mol. The maximum atomic E-state index is 14.5. The zero-order chi connectivity index (χ0) is 65.4. The number of phenolic OH excluding ortho intramolecular Hbond substituents is 1. The van der Waals surface area contributed by atoms with E-state index in [1.165, 1.54) is 31.6 Å². The van der Waals surface area contributed by atoms with Gasteiger partial charge in [-0.25, -0.2) is 10.2 Å². The molecule has 0 bridgehead atoms. The highest BCUT2D eigenvalue weighted by Gasteiger charge is 2.39. The second kappa shape index (κ2) is 33.7. The Labute approximate surface area is 515 Å². The van der Waals surface area contributed by atoms with Gasteiger partial charge in [-0.1, -0.05) is 95.3 Å². The molecule has 2 aromatic heterocycles. The number of aliphatic imine (C=N–C) groups is 1. The van der Waals surface area contributed by atoms with Gasteiger partial charge >= 0.3 is 6.03 Å². The van der Waals surface area contributed by atoms with Crippen molar-refractivity contribution in [3.05, 3.63) is 132 Å². The number of nitrogens with zero attached hydrogens (tertiary/aromatic N) is 2. The molecule has 11 amide bonds. The summed E-state index contributed by atoms with van der Waals surface area (Å²) in [6, 6.07) is 13.2. The van der Waals surface area contributed by atoms with Crippen molar-refractivity contribution < 1.29 is 53.1 Å². The minimum Gasteiger partial charge on any atom is -0.508 e. The van der Waals surface area contributed by atoms with Gasteiger partial charge in [-0.2, -0.15) is 0 Å². The Hall–Kier alpha value is -10.1. The minimum atomic E-state index is -1.70. The van der Waals surface area contributed by atoms with Crippen molar-refractivity contribution in [3.63, 3.8) is 0 Å². The quantitative estimate of drug-likeness (QED) is 0.0112. The summed E-state index contributed by atoms with van der Waals surface area (Å²) in [5, 5.41) is 31.8. The second-order valence-electron chi connectivity index (χ2n) is 22.9. The highest BCUT2D eigenvalue weighted by Crippen LogP contribution is 2.22. The number of nitrogens with one attached hydrogen (secondary N) is 11. The lowest BCUT2D eigenvalue weighted by atomic mass is 9.85. The van der Waals surface area contributed by atoms with Gasteiger partial charge in [-0.3, -0.25) is 58.6 Å². The number of hydrogen-bond acceptors (Lipinski definition) is 14. The van der Waals surface area contributed by atoms with Gasteiger partial charge in [-0.15, -0.1) is 0 Å². The molecule has 0 radical (unpaired) electrons. The van der Waals surface area contributed by atoms with Gasteiger partial charge in [0.1, 0.15) is 48.0 Å². The third kappa shape index (κ3) is 22.9. The molecule has 3 aromatic carbocycles. The Morgan fingerprint density at radius 1 is 0.584 bits per heavy atom. The standard InChI is InChI=1S/C61H83N17O11/c1-34(2)27-45(54(84)70-43(17-12-24-68-59(65)66-6)53(83)71-44(51(64)81)31-38-33-69-42-16-11-10-15-40(38)42)75-60(89)78-77-57(87)47(29-35-13-8-7-9-14-35)74-58(88)50(61(3,4)5)76-56(86)48(32-49(63)80)73-55(85)46(30-37-22-25-67-26-23-37)72-52(82)41(62)28-36-18-20-39(79)21-19-36/h7-11,13-16,18-23,25-26,33-34,41,43-48,50,69,79H,12,17,24,27-32,62H2,1-6H3,(H2,63,80)(H2,64,81)(H,70,84)(H,71,83)(H,72,82)(H,73,85)(H,74,88)(H,76,86)(H,77,87)(H3,65,66,68)(H2,75,78,89)/t41-,43+,44+,45+,46-,47+,48+,50-/m1/s1. The highest BCUT2D eigenvalue weighted by atomic mass is 16.3. The maximum absolute atomic E-state index is 14.5. The minimum absolute atomic E-state index is 0.0105. The molecule has 8 atom stereocenters. The number of urea groups is 1. The van der Waals surface area contributed by atoms with Gasteiger partial charge in [0.15, 0.2) is 5.96 Å². The Balaban J connectivity index is 1.30. The molecule has 0 aliphatic heterocycles. The lowest BCUT2D eigenvalue weighted by Crippen LogP contribution is -2.63. The molecule has 0 spiro atoms. The number of hydrazine groups is 1. The summed E-state index contributed by atoms with van der Waals surface area (Å²) in [5.41, 5.74) is 30.1. The van der Waals surface area contributed by atoms with E-state index in [1.54, 1.807) is 95.4 Å². The van der Waals surface area contributed by atoms with Crippen molar-refractivity contribution in [1.82, 2.24) is 63.4 Å². The number of phenols is 1. The summed E-state index contributed by atoms with van der Waals surface area (Å²) in [7, 11) is 1.49. The number of hydrogen-bond donors (Lipinski definition) is 16. The van der Waals surface area contributed by atoms with Crippen LogP contribution in [0.5, 0.6) is 5.75 Å². The maximum Gasteiger partial charge on any atom is 0.334 e. The number of pyridine rings is 1. The molecule has 0 fully saturated rings. The third-order valence-electron chi connectivity index (χ3n) is 14.2. The van der Waals surface area contributed by atoms with Crippen LogP contribution in [-0.2, 0) is 68.8 Å². The number of aromatic nitrogens is 2. The van der Waals surface area contributed by atoms with E-state index in [0.717, 1.165) is 10.9 Å². The molecular formula is C61H83N17O11. The van der Waals surface area contributed by atoms with Crippen LogP contribution in [-0.4, -0.2) is 142 Å². The Morgan fingerprint density at radius 3 is 1.76 bits per heavy atom. The number of amides is 11. The van der Waals surface area contributed by atoms with Crippen LogP contribution in [0.25, 0.3) is 10.9 Å². The first-order valence-corrected chi connectivity index (χ1v) is 28.9. The molecule has 5 aromatic rings. The van der Waals surface area contributed by atoms with E-state index in [2.05, 4.69) is 68.3 Å². The summed E-state index contributed by atoms with van der Waals surface area (Å²) < 4.78 is 0. The van der Waals surface area contributed by atoms with Gasteiger partial charge in [-0.05, 0) is 89.6 Å². The average molecular weight is 1230 g/mol. The van der Waals surface area contributed by atoms with E-state index in [9.17, 15) is 53.1 Å². The van der Waals surface area contributed by atoms with Crippen LogP contribution in [0, 0.1) is 11.3 Å². The number of carbonyl (C=O) groups excluding carboxylic acids is 10. The first-order chi connectivity index (χ1) is 42.2. The van der Waals surface area contributed by atoms with Crippen LogP contribution in [0.4, 0.5) is 4.79 Å². The number of aromatic amines is 1. The zero-order valence-electron chi connectivity index (χ0n) is 50.7. The Morgan fingerprint density at radius 2 is 1.13 bits per heavy atom. The smallest absolute Gasteiger partial charge is 0.334 e. The molecular weight excluding hydrogens is 1150 g/mol. The Kier molecular flexibility index (Phi) is 26.4. The lowest BCUT2D eigenvalue weighted by Gasteiger charge is -2.33. The average Bonchev–Trinajstić information content (AvgIpc) is 3.49. The van der Waals surface area contributed by atoms with Crippen molar-refractivity contribution in [2.75, 3.05) is 13.6 Å². The number of nitrogens with two attached hydrogens (primary N) is 4. The number of H-pyrrole nitrogens is 1. The fourth-order valence-electron chi connectivity index (χ4n) is 9.40. The monoisotopic (exact) mass is 1230 g/mol. The normalized spacial score (nSPS) is 14.2. The number of fused-ring (bicyclic) bond motifs is 1. The van der Waals surface area contributed by atoms with Crippen LogP contribution in [0.3, 0.4) is 0 Å². The molecule has 89 heavy (non-hydrogen) atoms. The molecule has 2 heterocycles. The number of carbonyl (C=O) groups is 10. The van der Waals surface area contributed by atoms with E-state index >= 15 is 0 Å². The fourth-order valence-corrected chi connectivity index (χ4v) is 9.40. The van der Waals surface area contributed by atoms with Crippen LogP contribution >= 0.6 is 0 Å². The van der Waals surface area contributed by atoms with Gasteiger partial charge in [0.05, 0.1) is 12.5 Å². The summed E-state index contributed by atoms with van der Waals surface area (Å²) >= 11 is 0. The number of primary amides is 2. The van der Waals surface area contributed by atoms with Crippen LogP contribution in [0.2, 0.25) is 0 Å². The highest BCUT2D eigenvalue weighted by molar-refractivity contribution is 5.99. The molecule has 0 aliphatic carbocycles. The zero-order valence-corrected chi connectivity index (χ0v) is 50.7. The summed E-state index contributed by atoms with van der Waals surface area (Å²) in [4.78, 5) is 149. The first-order valence-electron chi connectivity index (χ1n) is 28.9. The number of para-hydroxylation sites is 1. The number of aromatic hydroxyl groups is 1. The van der Waals surface area contributed by atoms with Crippen molar-refractivity contribution >= 4 is 76.1 Å². The molecule has 20 N–H and O–H groups in total. The van der Waals surface area contributed by atoms with Gasteiger partial charge in [0.25, 0.3) is 5.91 Å². The van der Waals surface area contributed by atoms with Crippen molar-refractivity contribution in [2.45, 2.75) is 134 Å². The van der Waals surface area contributed by atoms with E-state index in [1.807, 2.05) is 24.3 Å². The van der Waals surface area contributed by atoms with Crippen molar-refractivity contribution in [3.8, 4) is 5.75 Å². The largest absolute Gasteiger partial charge is 0.508 e. The third-order valence-corrected chi connectivity index (χ3v) is 14.2. The molecule has 28 nitrogen and oxygen atoms in total. The lowest BCUT2D eigenvalue weighted by molar-refractivity contribution is -0.137. The van der Waals surface area contributed by atoms with Gasteiger partial charge in [0.2, 0.25) is 47.3 Å². The summed E-state index contributed by atoms with van der Waals surface area (Å²) in [6.07, 6.45) is 4.09. The van der Waals surface area contributed by atoms with Gasteiger partial charge < -0.3 is 75.6 Å². The molecule has 28 heteroatoms. The second-order valence-corrected chi connectivity index (χ2v) is 22.9. The number of rotatable bonds is 31. The van der Waals surface area contributed by atoms with E-state index in [-0.39, 0.29) is 69.1 Å². The molecule has 478 valence electrons. The first kappa shape index (κ1) is 69.6. The van der Waals surface area contributed by atoms with Crippen LogP contribution in [0.15, 0.2) is 115 Å². The fraction of sp³-hybridized carbons (Fsp3) is 0.410. The molecule has 0 saturated heterocycles. The van der Waals surface area contributed by atoms with Gasteiger partial charge in [0, 0.05) is 62.3 Å². The topological polar surface area (TPSA) is 456 Å². The predicted octanol–water partition coefficient (Wildman–Crippen LogP) is -0.759. The Bertz CT molecular complexity index is 3260. The molecule has 0 unspecified atom stereocenters. The summed E-state index contributed by atoms with van der Waals surface area (Å²) in [5.74, 6) is -7.90. The molecule has 5 rings (SSSR count).